The number of amides is 1. The highest BCUT2D eigenvalue weighted by Crippen LogP contribution is 2.18. The maximum Gasteiger partial charge on any atom is 0.236 e. The first-order chi connectivity index (χ1) is 6.99. The molecule has 15 heavy (non-hydrogen) atoms. The Kier molecular flexibility index (Phi) is 4.11. The van der Waals surface area contributed by atoms with Crippen LogP contribution >= 0.6 is 15.9 Å². The first-order valence-electron chi connectivity index (χ1n) is 4.55. The Bertz CT molecular complexity index is 347. The fraction of sp³-hybridized carbons (Fsp3) is 0.300. The zero-order valence-corrected chi connectivity index (χ0v) is 10.0. The Hall–Kier alpha value is -1.07. The molecule has 0 aromatic heterocycles. The predicted molar refractivity (Wildman–Crippen MR) is 64.5 cm³/mol. The number of nitrogens with one attached hydrogen (secondary N) is 1. The highest BCUT2D eigenvalue weighted by Gasteiger charge is 2.08. The molecule has 0 aliphatic heterocycles. The van der Waals surface area contributed by atoms with Gasteiger partial charge in [0, 0.05) is 16.7 Å². The van der Waals surface area contributed by atoms with E-state index in [1.165, 1.54) is 0 Å². The number of halogens is 1. The van der Waals surface area contributed by atoms with Crippen LogP contribution in [0.25, 0.3) is 0 Å². The third-order valence-corrected chi connectivity index (χ3v) is 2.39. The summed E-state index contributed by atoms with van der Waals surface area (Å²) in [4.78, 5) is 10.7. The number of primary amides is 1. The van der Waals surface area contributed by atoms with Crippen LogP contribution in [-0.4, -0.2) is 18.5 Å². The van der Waals surface area contributed by atoms with Crippen LogP contribution in [0.3, 0.4) is 0 Å². The lowest BCUT2D eigenvalue weighted by Gasteiger charge is -2.11. The van der Waals surface area contributed by atoms with Crippen molar-refractivity contribution in [2.75, 3.05) is 11.9 Å². The van der Waals surface area contributed by atoms with Gasteiger partial charge in [-0.1, -0.05) is 15.9 Å². The van der Waals surface area contributed by atoms with Crippen molar-refractivity contribution in [2.45, 2.75) is 13.0 Å². The molecule has 1 aromatic carbocycles. The average Bonchev–Trinajstić information content (AvgIpc) is 2.12. The van der Waals surface area contributed by atoms with Crippen molar-refractivity contribution in [2.24, 2.45) is 11.5 Å². The zero-order valence-electron chi connectivity index (χ0n) is 8.46. The number of anilines is 1. The van der Waals surface area contributed by atoms with Crippen LogP contribution in [0.5, 0.6) is 0 Å². The maximum atomic E-state index is 10.7. The first kappa shape index (κ1) is 12.0. The van der Waals surface area contributed by atoms with Gasteiger partial charge in [-0.05, 0) is 30.7 Å². The van der Waals surface area contributed by atoms with Crippen molar-refractivity contribution in [3.05, 3.63) is 28.2 Å². The molecule has 0 saturated carbocycles. The van der Waals surface area contributed by atoms with Crippen molar-refractivity contribution in [1.82, 2.24) is 0 Å². The lowest BCUT2D eigenvalue weighted by Crippen LogP contribution is -2.41. The highest BCUT2D eigenvalue weighted by molar-refractivity contribution is 9.10. The van der Waals surface area contributed by atoms with E-state index in [4.69, 9.17) is 11.5 Å². The SMILES string of the molecule is Cc1cc(Br)cc(NCC(N)C(N)=O)c1. The Morgan fingerprint density at radius 3 is 2.73 bits per heavy atom. The quantitative estimate of drug-likeness (QED) is 0.764. The van der Waals surface area contributed by atoms with E-state index in [1.54, 1.807) is 0 Å². The van der Waals surface area contributed by atoms with Crippen molar-refractivity contribution < 1.29 is 4.79 Å². The smallest absolute Gasteiger partial charge is 0.236 e. The maximum absolute atomic E-state index is 10.7. The van der Waals surface area contributed by atoms with Gasteiger partial charge in [0.05, 0.1) is 0 Å². The Morgan fingerprint density at radius 2 is 2.20 bits per heavy atom. The third kappa shape index (κ3) is 3.89. The van der Waals surface area contributed by atoms with Gasteiger partial charge in [0.1, 0.15) is 6.04 Å². The second-order valence-corrected chi connectivity index (χ2v) is 4.32. The van der Waals surface area contributed by atoms with Gasteiger partial charge >= 0.3 is 0 Å². The number of rotatable bonds is 4. The van der Waals surface area contributed by atoms with Crippen LogP contribution in [0.1, 0.15) is 5.56 Å². The van der Waals surface area contributed by atoms with Crippen molar-refractivity contribution >= 4 is 27.5 Å². The van der Waals surface area contributed by atoms with E-state index >= 15 is 0 Å². The van der Waals surface area contributed by atoms with Gasteiger partial charge in [0.2, 0.25) is 5.91 Å². The minimum absolute atomic E-state index is 0.339. The molecule has 5 heteroatoms. The minimum Gasteiger partial charge on any atom is -0.383 e. The van der Waals surface area contributed by atoms with E-state index in [0.29, 0.717) is 6.54 Å². The molecule has 0 spiro atoms. The molecule has 82 valence electrons. The van der Waals surface area contributed by atoms with Crippen molar-refractivity contribution in [1.29, 1.82) is 0 Å². The summed E-state index contributed by atoms with van der Waals surface area (Å²) in [6.45, 7) is 2.33. The molecular formula is C10H14BrN3O. The Morgan fingerprint density at radius 1 is 1.53 bits per heavy atom. The van der Waals surface area contributed by atoms with E-state index in [0.717, 1.165) is 15.7 Å². The average molecular weight is 272 g/mol. The normalized spacial score (nSPS) is 12.2. The van der Waals surface area contributed by atoms with Gasteiger partial charge in [-0.3, -0.25) is 4.79 Å². The van der Waals surface area contributed by atoms with E-state index in [9.17, 15) is 4.79 Å². The van der Waals surface area contributed by atoms with Crippen LogP contribution in [-0.2, 0) is 4.79 Å². The summed E-state index contributed by atoms with van der Waals surface area (Å²) >= 11 is 3.39. The number of nitrogens with two attached hydrogens (primary N) is 2. The van der Waals surface area contributed by atoms with Gasteiger partial charge in [-0.2, -0.15) is 0 Å². The fourth-order valence-electron chi connectivity index (χ4n) is 1.17. The number of hydrogen-bond donors (Lipinski definition) is 3. The number of carbonyl (C=O) groups is 1. The molecule has 0 aliphatic rings. The van der Waals surface area contributed by atoms with Crippen molar-refractivity contribution in [3.8, 4) is 0 Å². The summed E-state index contributed by atoms with van der Waals surface area (Å²) in [7, 11) is 0. The van der Waals surface area contributed by atoms with Crippen LogP contribution in [0.2, 0.25) is 0 Å². The number of carbonyl (C=O) groups excluding carboxylic acids is 1. The second-order valence-electron chi connectivity index (χ2n) is 3.41. The van der Waals surface area contributed by atoms with Crippen LogP contribution in [0, 0.1) is 6.92 Å². The second kappa shape index (κ2) is 5.14. The molecule has 1 unspecified atom stereocenters. The van der Waals surface area contributed by atoms with Gasteiger partial charge < -0.3 is 16.8 Å². The van der Waals surface area contributed by atoms with Crippen LogP contribution < -0.4 is 16.8 Å². The third-order valence-electron chi connectivity index (χ3n) is 1.93. The minimum atomic E-state index is -0.663. The number of hydrogen-bond acceptors (Lipinski definition) is 3. The van der Waals surface area contributed by atoms with Gasteiger partial charge in [-0.25, -0.2) is 0 Å². The summed E-state index contributed by atoms with van der Waals surface area (Å²) in [6.07, 6.45) is 0. The standard InChI is InChI=1S/C10H14BrN3O/c1-6-2-7(11)4-8(3-6)14-5-9(12)10(13)15/h2-4,9,14H,5,12H2,1H3,(H2,13,15). The lowest BCUT2D eigenvalue weighted by molar-refractivity contribution is -0.118. The predicted octanol–water partition coefficient (Wildman–Crippen LogP) is 0.982. The van der Waals surface area contributed by atoms with Gasteiger partial charge in [0.25, 0.3) is 0 Å². The molecule has 1 atom stereocenters. The Balaban J connectivity index is 2.61. The zero-order chi connectivity index (χ0) is 11.4. The molecule has 1 aromatic rings. The highest BCUT2D eigenvalue weighted by atomic mass is 79.9. The summed E-state index contributed by atoms with van der Waals surface area (Å²) in [5.41, 5.74) is 12.6. The molecule has 0 heterocycles. The fourth-order valence-corrected chi connectivity index (χ4v) is 1.77. The summed E-state index contributed by atoms with van der Waals surface area (Å²) < 4.78 is 0.984. The molecule has 5 N–H and O–H groups in total. The monoisotopic (exact) mass is 271 g/mol. The molecule has 1 amide bonds. The van der Waals surface area contributed by atoms with E-state index in [1.807, 2.05) is 25.1 Å². The topological polar surface area (TPSA) is 81.1 Å². The number of benzene rings is 1. The summed E-state index contributed by atoms with van der Waals surface area (Å²) in [6, 6.07) is 5.22. The first-order valence-corrected chi connectivity index (χ1v) is 5.34. The van der Waals surface area contributed by atoms with E-state index in [2.05, 4.69) is 21.2 Å². The van der Waals surface area contributed by atoms with E-state index < -0.39 is 11.9 Å². The molecule has 0 aliphatic carbocycles. The largest absolute Gasteiger partial charge is 0.383 e. The van der Waals surface area contributed by atoms with Crippen LogP contribution in [0.15, 0.2) is 22.7 Å². The molecule has 4 nitrogen and oxygen atoms in total. The molecule has 0 fully saturated rings. The van der Waals surface area contributed by atoms with Gasteiger partial charge in [0.15, 0.2) is 0 Å². The molecule has 1 rings (SSSR count). The summed E-state index contributed by atoms with van der Waals surface area (Å²) in [5, 5.41) is 3.05. The van der Waals surface area contributed by atoms with Gasteiger partial charge in [-0.15, -0.1) is 0 Å². The molecular weight excluding hydrogens is 258 g/mol. The van der Waals surface area contributed by atoms with Crippen LogP contribution in [0.4, 0.5) is 5.69 Å². The molecule has 0 bridgehead atoms. The Labute approximate surface area is 97.1 Å². The molecule has 0 saturated heterocycles. The lowest BCUT2D eigenvalue weighted by atomic mass is 10.2. The summed E-state index contributed by atoms with van der Waals surface area (Å²) in [5.74, 6) is -0.505. The number of aryl methyl sites for hydroxylation is 1. The van der Waals surface area contributed by atoms with Crippen molar-refractivity contribution in [3.63, 3.8) is 0 Å². The molecule has 0 radical (unpaired) electrons. The van der Waals surface area contributed by atoms with E-state index in [-0.39, 0.29) is 0 Å².